The van der Waals surface area contributed by atoms with Gasteiger partial charge in [-0.25, -0.2) is 9.97 Å². The van der Waals surface area contributed by atoms with Crippen LogP contribution in [0.2, 0.25) is 0 Å². The number of aromatic nitrogens is 2. The molecule has 1 aromatic heterocycles. The molecule has 0 radical (unpaired) electrons. The van der Waals surface area contributed by atoms with Crippen molar-refractivity contribution in [2.24, 2.45) is 0 Å². The first-order valence-electron chi connectivity index (χ1n) is 4.98. The van der Waals surface area contributed by atoms with Gasteiger partial charge in [0.05, 0.1) is 0 Å². The number of rotatable bonds is 3. The van der Waals surface area contributed by atoms with Gasteiger partial charge < -0.3 is 4.90 Å². The molecule has 1 aromatic rings. The van der Waals surface area contributed by atoms with Gasteiger partial charge in [0.1, 0.15) is 17.5 Å². The average molecular weight is 218 g/mol. The first kappa shape index (κ1) is 12.1. The minimum absolute atomic E-state index is 0.169. The van der Waals surface area contributed by atoms with E-state index in [0.717, 1.165) is 0 Å². The summed E-state index contributed by atoms with van der Waals surface area (Å²) in [5, 5.41) is 8.82. The van der Waals surface area contributed by atoms with Crippen molar-refractivity contribution >= 4 is 11.7 Å². The highest BCUT2D eigenvalue weighted by atomic mass is 16.1. The van der Waals surface area contributed by atoms with E-state index in [2.05, 4.69) is 9.97 Å². The lowest BCUT2D eigenvalue weighted by molar-refractivity contribution is 0.101. The SMILES string of the molecule is CC(=O)c1cc(C#N)nc(N(C)C(C)C)n1. The second kappa shape index (κ2) is 4.71. The number of hydrogen-bond donors (Lipinski definition) is 0. The Balaban J connectivity index is 3.25. The number of ketones is 1. The molecule has 1 rings (SSSR count). The zero-order valence-electron chi connectivity index (χ0n) is 9.85. The van der Waals surface area contributed by atoms with Crippen LogP contribution in [0.1, 0.15) is 37.0 Å². The molecular weight excluding hydrogens is 204 g/mol. The number of nitrogens with zero attached hydrogens (tertiary/aromatic N) is 4. The molecule has 0 aliphatic rings. The van der Waals surface area contributed by atoms with Crippen molar-refractivity contribution in [3.63, 3.8) is 0 Å². The van der Waals surface area contributed by atoms with E-state index < -0.39 is 0 Å². The molecule has 16 heavy (non-hydrogen) atoms. The Bertz CT molecular complexity index is 448. The maximum absolute atomic E-state index is 11.2. The van der Waals surface area contributed by atoms with Gasteiger partial charge in [0.15, 0.2) is 5.78 Å². The van der Waals surface area contributed by atoms with Crippen LogP contribution in [0.15, 0.2) is 6.07 Å². The van der Waals surface area contributed by atoms with Crippen LogP contribution in [0.25, 0.3) is 0 Å². The maximum Gasteiger partial charge on any atom is 0.227 e. The van der Waals surface area contributed by atoms with E-state index in [1.165, 1.54) is 13.0 Å². The summed E-state index contributed by atoms with van der Waals surface area (Å²) in [7, 11) is 1.82. The van der Waals surface area contributed by atoms with Crippen LogP contribution in [0.5, 0.6) is 0 Å². The van der Waals surface area contributed by atoms with E-state index in [-0.39, 0.29) is 23.2 Å². The molecule has 0 saturated carbocycles. The van der Waals surface area contributed by atoms with Crippen molar-refractivity contribution in [1.82, 2.24) is 9.97 Å². The van der Waals surface area contributed by atoms with E-state index in [1.54, 1.807) is 0 Å². The van der Waals surface area contributed by atoms with Crippen LogP contribution in [0.3, 0.4) is 0 Å². The topological polar surface area (TPSA) is 69.9 Å². The minimum atomic E-state index is -0.169. The lowest BCUT2D eigenvalue weighted by Gasteiger charge is -2.21. The van der Waals surface area contributed by atoms with Crippen molar-refractivity contribution in [2.75, 3.05) is 11.9 Å². The minimum Gasteiger partial charge on any atom is -0.341 e. The molecule has 0 aliphatic heterocycles. The molecule has 84 valence electrons. The zero-order valence-corrected chi connectivity index (χ0v) is 9.85. The Morgan fingerprint density at radius 3 is 2.56 bits per heavy atom. The molecule has 0 N–H and O–H groups in total. The largest absolute Gasteiger partial charge is 0.341 e. The van der Waals surface area contributed by atoms with Gasteiger partial charge in [0, 0.05) is 26.1 Å². The molecule has 0 atom stereocenters. The Hall–Kier alpha value is -1.96. The molecule has 0 amide bonds. The number of carbonyl (C=O) groups excluding carboxylic acids is 1. The Morgan fingerprint density at radius 2 is 2.12 bits per heavy atom. The third kappa shape index (κ3) is 2.54. The summed E-state index contributed by atoms with van der Waals surface area (Å²) in [5.74, 6) is 0.233. The van der Waals surface area contributed by atoms with E-state index in [9.17, 15) is 4.79 Å². The number of Topliss-reactive ketones (excluding diaryl/α,β-unsaturated/α-hetero) is 1. The van der Waals surface area contributed by atoms with Crippen molar-refractivity contribution < 1.29 is 4.79 Å². The molecule has 5 nitrogen and oxygen atoms in total. The van der Waals surface area contributed by atoms with Crippen molar-refractivity contribution in [2.45, 2.75) is 26.8 Å². The molecule has 5 heteroatoms. The highest BCUT2D eigenvalue weighted by molar-refractivity contribution is 5.92. The number of carbonyl (C=O) groups is 1. The van der Waals surface area contributed by atoms with E-state index in [1.807, 2.05) is 31.9 Å². The Kier molecular flexibility index (Phi) is 3.56. The summed E-state index contributed by atoms with van der Waals surface area (Å²) in [5.41, 5.74) is 0.483. The highest BCUT2D eigenvalue weighted by Crippen LogP contribution is 2.11. The maximum atomic E-state index is 11.2. The van der Waals surface area contributed by atoms with Crippen LogP contribution >= 0.6 is 0 Å². The van der Waals surface area contributed by atoms with E-state index in [4.69, 9.17) is 5.26 Å². The van der Waals surface area contributed by atoms with Crippen molar-refractivity contribution in [3.8, 4) is 6.07 Å². The summed E-state index contributed by atoms with van der Waals surface area (Å²) < 4.78 is 0. The fourth-order valence-electron chi connectivity index (χ4n) is 1.06. The van der Waals surface area contributed by atoms with Gasteiger partial charge in [-0.3, -0.25) is 4.79 Å². The molecule has 0 aliphatic carbocycles. The van der Waals surface area contributed by atoms with Crippen molar-refractivity contribution in [3.05, 3.63) is 17.5 Å². The van der Waals surface area contributed by atoms with Gasteiger partial charge in [-0.1, -0.05) is 0 Å². The second-order valence-electron chi connectivity index (χ2n) is 3.81. The summed E-state index contributed by atoms with van der Waals surface area (Å²) in [6.07, 6.45) is 0. The third-order valence-corrected chi connectivity index (χ3v) is 2.28. The monoisotopic (exact) mass is 218 g/mol. The average Bonchev–Trinajstić information content (AvgIpc) is 2.27. The molecule has 0 bridgehead atoms. The summed E-state index contributed by atoms with van der Waals surface area (Å²) >= 11 is 0. The smallest absolute Gasteiger partial charge is 0.227 e. The Morgan fingerprint density at radius 1 is 1.50 bits per heavy atom. The van der Waals surface area contributed by atoms with Gasteiger partial charge in [0.2, 0.25) is 5.95 Å². The summed E-state index contributed by atoms with van der Waals surface area (Å²) in [6, 6.07) is 3.53. The number of anilines is 1. The van der Waals surface area contributed by atoms with Gasteiger partial charge in [-0.2, -0.15) is 5.26 Å². The second-order valence-corrected chi connectivity index (χ2v) is 3.81. The molecule has 1 heterocycles. The number of nitriles is 1. The van der Waals surface area contributed by atoms with Gasteiger partial charge in [-0.15, -0.1) is 0 Å². The molecular formula is C11H14N4O. The molecule has 0 saturated heterocycles. The van der Waals surface area contributed by atoms with Gasteiger partial charge in [0.25, 0.3) is 0 Å². The molecule has 0 fully saturated rings. The van der Waals surface area contributed by atoms with E-state index in [0.29, 0.717) is 5.95 Å². The van der Waals surface area contributed by atoms with Crippen LogP contribution in [0.4, 0.5) is 5.95 Å². The molecule has 0 aromatic carbocycles. The van der Waals surface area contributed by atoms with Crippen molar-refractivity contribution in [1.29, 1.82) is 5.26 Å². The summed E-state index contributed by atoms with van der Waals surface area (Å²) in [6.45, 7) is 5.38. The fraction of sp³-hybridized carbons (Fsp3) is 0.455. The summed E-state index contributed by atoms with van der Waals surface area (Å²) in [4.78, 5) is 21.2. The van der Waals surface area contributed by atoms with Crippen LogP contribution in [-0.2, 0) is 0 Å². The number of hydrogen-bond acceptors (Lipinski definition) is 5. The zero-order chi connectivity index (χ0) is 12.3. The third-order valence-electron chi connectivity index (χ3n) is 2.28. The fourth-order valence-corrected chi connectivity index (χ4v) is 1.06. The highest BCUT2D eigenvalue weighted by Gasteiger charge is 2.13. The molecule has 0 unspecified atom stereocenters. The van der Waals surface area contributed by atoms with Gasteiger partial charge in [-0.05, 0) is 13.8 Å². The predicted molar refractivity (Wildman–Crippen MR) is 60.3 cm³/mol. The standard InChI is InChI=1S/C11H14N4O/c1-7(2)15(4)11-13-9(6-12)5-10(14-11)8(3)16/h5,7H,1-4H3. The lowest BCUT2D eigenvalue weighted by Crippen LogP contribution is -2.28. The first-order chi connectivity index (χ1) is 7.45. The van der Waals surface area contributed by atoms with E-state index >= 15 is 0 Å². The van der Waals surface area contributed by atoms with Crippen LogP contribution in [-0.4, -0.2) is 28.8 Å². The Labute approximate surface area is 94.7 Å². The van der Waals surface area contributed by atoms with Gasteiger partial charge >= 0.3 is 0 Å². The normalized spacial score (nSPS) is 10.0. The first-order valence-corrected chi connectivity index (χ1v) is 4.98. The predicted octanol–water partition coefficient (Wildman–Crippen LogP) is 1.40. The molecule has 0 spiro atoms. The van der Waals surface area contributed by atoms with Crippen LogP contribution in [0, 0.1) is 11.3 Å². The van der Waals surface area contributed by atoms with Crippen LogP contribution < -0.4 is 4.90 Å². The lowest BCUT2D eigenvalue weighted by atomic mass is 10.2. The quantitative estimate of drug-likeness (QED) is 0.717.